The highest BCUT2D eigenvalue weighted by Crippen LogP contribution is 2.48. The van der Waals surface area contributed by atoms with Crippen molar-refractivity contribution >= 4 is 17.4 Å². The zero-order valence-corrected chi connectivity index (χ0v) is 20.8. The molecule has 0 spiro atoms. The van der Waals surface area contributed by atoms with Crippen LogP contribution in [0.25, 0.3) is 0 Å². The van der Waals surface area contributed by atoms with Crippen molar-refractivity contribution < 1.29 is 34.0 Å². The van der Waals surface area contributed by atoms with Gasteiger partial charge in [0.1, 0.15) is 17.1 Å². The molecule has 2 aromatic rings. The van der Waals surface area contributed by atoms with Gasteiger partial charge in [-0.3, -0.25) is 9.59 Å². The summed E-state index contributed by atoms with van der Waals surface area (Å²) < 4.78 is 16.6. The van der Waals surface area contributed by atoms with E-state index in [9.17, 15) is 19.8 Å². The molecule has 0 aliphatic carbocycles. The minimum absolute atomic E-state index is 0.00990. The summed E-state index contributed by atoms with van der Waals surface area (Å²) >= 11 is 0. The van der Waals surface area contributed by atoms with E-state index in [1.807, 2.05) is 0 Å². The molecule has 2 aromatic carbocycles. The lowest BCUT2D eigenvalue weighted by Gasteiger charge is -2.41. The number of ketones is 1. The summed E-state index contributed by atoms with van der Waals surface area (Å²) in [5.41, 5.74) is -1.95. The van der Waals surface area contributed by atoms with Crippen LogP contribution in [0.4, 0.5) is 5.69 Å². The highest BCUT2D eigenvalue weighted by molar-refractivity contribution is 6.00. The third-order valence-electron chi connectivity index (χ3n) is 7.29. The van der Waals surface area contributed by atoms with E-state index in [1.165, 1.54) is 14.2 Å². The molecule has 2 heterocycles. The van der Waals surface area contributed by atoms with Gasteiger partial charge in [-0.05, 0) is 48.9 Å². The Morgan fingerprint density at radius 3 is 2.37 bits per heavy atom. The fraction of sp³-hybridized carbons (Fsp3) is 0.481. The van der Waals surface area contributed by atoms with Crippen molar-refractivity contribution in [2.24, 2.45) is 5.41 Å². The average molecular weight is 484 g/mol. The first-order chi connectivity index (χ1) is 16.4. The Bertz CT molecular complexity index is 1130. The number of methoxy groups -OCH3 is 2. The summed E-state index contributed by atoms with van der Waals surface area (Å²) in [6.07, 6.45) is 0.0220. The molecule has 8 heteroatoms. The van der Waals surface area contributed by atoms with Gasteiger partial charge in [-0.2, -0.15) is 0 Å². The van der Waals surface area contributed by atoms with Crippen molar-refractivity contribution in [3.63, 3.8) is 0 Å². The van der Waals surface area contributed by atoms with Gasteiger partial charge in [0.25, 0.3) is 5.91 Å². The van der Waals surface area contributed by atoms with E-state index in [0.717, 1.165) is 6.42 Å². The quantitative estimate of drug-likeness (QED) is 0.578. The summed E-state index contributed by atoms with van der Waals surface area (Å²) in [4.78, 5) is 26.1. The van der Waals surface area contributed by atoms with Gasteiger partial charge in [-0.15, -0.1) is 0 Å². The van der Waals surface area contributed by atoms with Gasteiger partial charge in [-0.1, -0.05) is 32.0 Å². The first-order valence-electron chi connectivity index (χ1n) is 11.7. The van der Waals surface area contributed by atoms with Crippen LogP contribution in [-0.4, -0.2) is 54.4 Å². The van der Waals surface area contributed by atoms with Crippen LogP contribution in [0.1, 0.15) is 50.3 Å². The predicted molar refractivity (Wildman–Crippen MR) is 130 cm³/mol. The number of rotatable bonds is 6. The maximum absolute atomic E-state index is 13.3. The van der Waals surface area contributed by atoms with Crippen LogP contribution in [0, 0.1) is 5.41 Å². The minimum Gasteiger partial charge on any atom is -0.507 e. The smallest absolute Gasteiger partial charge is 0.257 e. The van der Waals surface area contributed by atoms with Crippen LogP contribution >= 0.6 is 0 Å². The number of ether oxygens (including phenoxy) is 3. The topological polar surface area (TPSA) is 114 Å². The molecule has 0 saturated carbocycles. The maximum atomic E-state index is 13.3. The highest BCUT2D eigenvalue weighted by atomic mass is 16.5. The molecule has 1 fully saturated rings. The Morgan fingerprint density at radius 2 is 1.80 bits per heavy atom. The maximum Gasteiger partial charge on any atom is 0.257 e. The number of aliphatic hydroxyl groups is 1. The van der Waals surface area contributed by atoms with E-state index in [4.69, 9.17) is 14.2 Å². The number of aromatic hydroxyl groups is 1. The van der Waals surface area contributed by atoms with E-state index in [0.29, 0.717) is 29.9 Å². The van der Waals surface area contributed by atoms with Gasteiger partial charge >= 0.3 is 0 Å². The Morgan fingerprint density at radius 1 is 1.11 bits per heavy atom. The lowest BCUT2D eigenvalue weighted by Crippen LogP contribution is -2.53. The van der Waals surface area contributed by atoms with Crippen LogP contribution in [0.2, 0.25) is 0 Å². The number of hydrogen-bond acceptors (Lipinski definition) is 7. The fourth-order valence-electron chi connectivity index (χ4n) is 4.86. The largest absolute Gasteiger partial charge is 0.507 e. The minimum atomic E-state index is -2.00. The Balaban J connectivity index is 1.75. The van der Waals surface area contributed by atoms with Crippen LogP contribution in [-0.2, 0) is 31.1 Å². The third kappa shape index (κ3) is 4.30. The van der Waals surface area contributed by atoms with E-state index < -0.39 is 23.2 Å². The molecule has 4 rings (SSSR count). The van der Waals surface area contributed by atoms with Crippen LogP contribution < -0.4 is 10.1 Å². The standard InChI is InChI=1S/C27H33NO7/c1-25(2)12-13-26(3,35-15-25)20(29)14-16-6-11-19-21(22(16)30)27(32,23(34-5)24(31)28-19)17-7-9-18(33-4)10-8-17/h6-11,23,30,32H,12-15H2,1-5H3,(H,28,31). The first kappa shape index (κ1) is 25.2. The Labute approximate surface area is 205 Å². The lowest BCUT2D eigenvalue weighted by molar-refractivity contribution is -0.157. The Kier molecular flexibility index (Phi) is 6.42. The molecule has 2 aliphatic heterocycles. The van der Waals surface area contributed by atoms with Crippen molar-refractivity contribution in [2.75, 3.05) is 26.1 Å². The number of carbonyl (C=O) groups is 2. The molecule has 0 radical (unpaired) electrons. The molecule has 2 aliphatic rings. The number of phenolic OH excluding ortho intramolecular Hbond substituents is 1. The van der Waals surface area contributed by atoms with Gasteiger partial charge in [0, 0.05) is 19.1 Å². The number of benzene rings is 2. The summed E-state index contributed by atoms with van der Waals surface area (Å²) in [6.45, 7) is 6.47. The third-order valence-corrected chi connectivity index (χ3v) is 7.29. The fourth-order valence-corrected chi connectivity index (χ4v) is 4.86. The van der Waals surface area contributed by atoms with E-state index in [1.54, 1.807) is 43.3 Å². The van der Waals surface area contributed by atoms with Crippen molar-refractivity contribution in [3.8, 4) is 11.5 Å². The summed E-state index contributed by atoms with van der Waals surface area (Å²) in [5, 5.41) is 26.0. The van der Waals surface area contributed by atoms with E-state index >= 15 is 0 Å². The number of Topliss-reactive ketones (excluding diaryl/α,β-unsaturated/α-hetero) is 1. The number of fused-ring (bicyclic) bond motifs is 1. The second-order valence-corrected chi connectivity index (χ2v) is 10.4. The normalized spacial score (nSPS) is 27.6. The monoisotopic (exact) mass is 483 g/mol. The van der Waals surface area contributed by atoms with E-state index in [2.05, 4.69) is 19.2 Å². The molecular formula is C27H33NO7. The molecule has 8 nitrogen and oxygen atoms in total. The van der Waals surface area contributed by atoms with Crippen LogP contribution in [0.5, 0.6) is 11.5 Å². The molecular weight excluding hydrogens is 450 g/mol. The molecule has 0 bridgehead atoms. The van der Waals surface area contributed by atoms with Gasteiger partial charge in [-0.25, -0.2) is 0 Å². The summed E-state index contributed by atoms with van der Waals surface area (Å²) in [5.74, 6) is -0.401. The number of amides is 1. The second-order valence-electron chi connectivity index (χ2n) is 10.4. The molecule has 1 amide bonds. The van der Waals surface area contributed by atoms with Gasteiger partial charge in [0.15, 0.2) is 17.5 Å². The van der Waals surface area contributed by atoms with Gasteiger partial charge in [0.05, 0.1) is 25.0 Å². The average Bonchev–Trinajstić information content (AvgIpc) is 2.83. The summed E-state index contributed by atoms with van der Waals surface area (Å²) in [6, 6.07) is 9.71. The number of anilines is 1. The number of phenols is 1. The van der Waals surface area contributed by atoms with E-state index in [-0.39, 0.29) is 34.6 Å². The first-order valence-corrected chi connectivity index (χ1v) is 11.7. The SMILES string of the molecule is COc1ccc(C2(O)c3c(ccc(CC(=O)C4(C)CCC(C)(C)CO4)c3O)NC(=O)C2OC)cc1. The summed E-state index contributed by atoms with van der Waals surface area (Å²) in [7, 11) is 2.84. The Hall–Kier alpha value is -2.94. The molecule has 35 heavy (non-hydrogen) atoms. The van der Waals surface area contributed by atoms with Gasteiger partial charge < -0.3 is 29.7 Å². The zero-order chi connectivity index (χ0) is 25.6. The predicted octanol–water partition coefficient (Wildman–Crippen LogP) is 3.31. The zero-order valence-electron chi connectivity index (χ0n) is 20.8. The van der Waals surface area contributed by atoms with Crippen molar-refractivity contribution in [1.29, 1.82) is 0 Å². The van der Waals surface area contributed by atoms with Gasteiger partial charge in [0.2, 0.25) is 0 Å². The van der Waals surface area contributed by atoms with Crippen molar-refractivity contribution in [2.45, 2.75) is 57.3 Å². The number of carbonyl (C=O) groups excluding carboxylic acids is 2. The number of nitrogens with one attached hydrogen (secondary N) is 1. The molecule has 3 N–H and O–H groups in total. The van der Waals surface area contributed by atoms with Crippen LogP contribution in [0.15, 0.2) is 36.4 Å². The molecule has 3 atom stereocenters. The molecule has 188 valence electrons. The van der Waals surface area contributed by atoms with Crippen molar-refractivity contribution in [3.05, 3.63) is 53.1 Å². The molecule has 1 saturated heterocycles. The number of hydrogen-bond donors (Lipinski definition) is 3. The van der Waals surface area contributed by atoms with Crippen LogP contribution in [0.3, 0.4) is 0 Å². The highest BCUT2D eigenvalue weighted by Gasteiger charge is 2.52. The second kappa shape index (κ2) is 8.93. The molecule has 0 aromatic heterocycles. The van der Waals surface area contributed by atoms with Crippen molar-refractivity contribution in [1.82, 2.24) is 0 Å². The molecule has 3 unspecified atom stereocenters. The lowest BCUT2D eigenvalue weighted by atomic mass is 9.75.